The van der Waals surface area contributed by atoms with Gasteiger partial charge in [0.2, 0.25) is 11.1 Å². The van der Waals surface area contributed by atoms with Gasteiger partial charge in [-0.1, -0.05) is 60.1 Å². The lowest BCUT2D eigenvalue weighted by atomic mass is 10.1. The average molecular weight is 505 g/mol. The summed E-state index contributed by atoms with van der Waals surface area (Å²) >= 11 is 14.7. The Labute approximate surface area is 203 Å². The van der Waals surface area contributed by atoms with Crippen LogP contribution >= 0.6 is 46.3 Å². The Morgan fingerprint density at radius 1 is 1.12 bits per heavy atom. The third-order valence-electron chi connectivity index (χ3n) is 4.52. The lowest BCUT2D eigenvalue weighted by molar-refractivity contribution is -0.113. The number of thiazole rings is 1. The third kappa shape index (κ3) is 5.66. The number of aryl methyl sites for hydroxylation is 1. The molecule has 2 heterocycles. The van der Waals surface area contributed by atoms with E-state index in [-0.39, 0.29) is 11.7 Å². The summed E-state index contributed by atoms with van der Waals surface area (Å²) in [5.41, 5.74) is 3.11. The smallest absolute Gasteiger partial charge is 0.236 e. The molecule has 1 amide bonds. The minimum atomic E-state index is -0.179. The Hall–Kier alpha value is -2.46. The van der Waals surface area contributed by atoms with Gasteiger partial charge in [0.05, 0.1) is 21.5 Å². The van der Waals surface area contributed by atoms with E-state index < -0.39 is 0 Å². The fourth-order valence-corrected chi connectivity index (χ4v) is 4.76. The maximum Gasteiger partial charge on any atom is 0.236 e. The number of benzene rings is 2. The van der Waals surface area contributed by atoms with Crippen LogP contribution in [0, 0.1) is 0 Å². The molecule has 0 atom stereocenters. The number of amides is 1. The van der Waals surface area contributed by atoms with Gasteiger partial charge in [0.25, 0.3) is 0 Å². The molecule has 0 aliphatic heterocycles. The van der Waals surface area contributed by atoms with Gasteiger partial charge in [-0.15, -0.1) is 16.4 Å². The van der Waals surface area contributed by atoms with Crippen LogP contribution in [-0.2, 0) is 17.6 Å². The Morgan fingerprint density at radius 2 is 1.91 bits per heavy atom. The molecule has 0 spiro atoms. The summed E-state index contributed by atoms with van der Waals surface area (Å²) in [6.07, 6.45) is 3.37. The first-order valence-electron chi connectivity index (χ1n) is 9.71. The minimum Gasteiger partial charge on any atom is -0.301 e. The summed E-state index contributed by atoms with van der Waals surface area (Å²) in [5, 5.41) is 16.8. The van der Waals surface area contributed by atoms with Gasteiger partial charge >= 0.3 is 0 Å². The van der Waals surface area contributed by atoms with Crippen molar-refractivity contribution in [2.45, 2.75) is 24.9 Å². The van der Waals surface area contributed by atoms with E-state index in [1.807, 2.05) is 36.4 Å². The molecular formula is C21H18Cl2N6OS2. The molecule has 164 valence electrons. The van der Waals surface area contributed by atoms with Crippen LogP contribution in [0.25, 0.3) is 5.69 Å². The zero-order valence-corrected chi connectivity index (χ0v) is 20.1. The molecule has 2 aromatic carbocycles. The van der Waals surface area contributed by atoms with E-state index in [0.717, 1.165) is 22.5 Å². The van der Waals surface area contributed by atoms with Crippen LogP contribution in [0.5, 0.6) is 0 Å². The lowest BCUT2D eigenvalue weighted by Crippen LogP contribution is -2.14. The van der Waals surface area contributed by atoms with Crippen molar-refractivity contribution in [1.29, 1.82) is 0 Å². The first-order valence-corrected chi connectivity index (χ1v) is 12.3. The fourth-order valence-electron chi connectivity index (χ4n) is 2.89. The number of aromatic nitrogens is 5. The molecule has 0 fully saturated rings. The number of hydrogen-bond donors (Lipinski definition) is 1. The summed E-state index contributed by atoms with van der Waals surface area (Å²) in [4.78, 5) is 17.7. The molecule has 2 aromatic heterocycles. The van der Waals surface area contributed by atoms with Gasteiger partial charge in [0.1, 0.15) is 0 Å². The van der Waals surface area contributed by atoms with Crippen molar-refractivity contribution in [1.82, 2.24) is 25.2 Å². The van der Waals surface area contributed by atoms with Crippen molar-refractivity contribution in [3.8, 4) is 5.69 Å². The number of carbonyl (C=O) groups excluding carboxylic acids is 1. The number of carbonyl (C=O) groups is 1. The van der Waals surface area contributed by atoms with Gasteiger partial charge in [-0.25, -0.2) is 4.98 Å². The number of halogens is 2. The average Bonchev–Trinajstić information content (AvgIpc) is 3.44. The normalized spacial score (nSPS) is 11.0. The van der Waals surface area contributed by atoms with Gasteiger partial charge in [0, 0.05) is 17.5 Å². The number of thioether (sulfide) groups is 1. The number of anilines is 1. The molecule has 0 bridgehead atoms. The van der Waals surface area contributed by atoms with Gasteiger partial charge in [-0.3, -0.25) is 4.79 Å². The molecule has 4 aromatic rings. The van der Waals surface area contributed by atoms with Crippen LogP contribution in [0.2, 0.25) is 10.0 Å². The molecule has 0 aliphatic carbocycles. The topological polar surface area (TPSA) is 85.6 Å². The summed E-state index contributed by atoms with van der Waals surface area (Å²) in [7, 11) is 0. The lowest BCUT2D eigenvalue weighted by Gasteiger charge is -2.05. The Bertz CT molecular complexity index is 1230. The molecule has 0 radical (unpaired) electrons. The second-order valence-corrected chi connectivity index (χ2v) is 9.66. The number of nitrogens with zero attached hydrogens (tertiary/aromatic N) is 5. The molecule has 11 heteroatoms. The zero-order valence-electron chi connectivity index (χ0n) is 17.0. The van der Waals surface area contributed by atoms with E-state index >= 15 is 0 Å². The fraction of sp³-hybridized carbons (Fsp3) is 0.190. The van der Waals surface area contributed by atoms with E-state index in [1.165, 1.54) is 28.7 Å². The van der Waals surface area contributed by atoms with E-state index in [4.69, 9.17) is 23.2 Å². The zero-order chi connectivity index (χ0) is 22.5. The van der Waals surface area contributed by atoms with Gasteiger partial charge in [-0.05, 0) is 52.2 Å². The monoisotopic (exact) mass is 504 g/mol. The number of nitrogens with one attached hydrogen (secondary N) is 1. The quantitative estimate of drug-likeness (QED) is 0.327. The summed E-state index contributed by atoms with van der Waals surface area (Å²) in [5.74, 6) is -0.0175. The van der Waals surface area contributed by atoms with Crippen LogP contribution in [0.3, 0.4) is 0 Å². The Balaban J connectivity index is 1.33. The van der Waals surface area contributed by atoms with Gasteiger partial charge in [-0.2, -0.15) is 4.68 Å². The molecule has 32 heavy (non-hydrogen) atoms. The Morgan fingerprint density at radius 3 is 2.66 bits per heavy atom. The van der Waals surface area contributed by atoms with E-state index in [0.29, 0.717) is 26.8 Å². The third-order valence-corrected chi connectivity index (χ3v) is 7.10. The SMILES string of the molecule is CCc1ccc(-n2nnnc2SCC(=O)Nc2ncc(Cc3ccc(Cl)c(Cl)c3)s2)cc1. The van der Waals surface area contributed by atoms with E-state index in [9.17, 15) is 4.79 Å². The number of tetrazole rings is 1. The molecule has 0 aliphatic rings. The molecule has 0 unspecified atom stereocenters. The molecule has 4 rings (SSSR count). The van der Waals surface area contributed by atoms with E-state index in [2.05, 4.69) is 32.7 Å². The van der Waals surface area contributed by atoms with Crippen molar-refractivity contribution in [2.75, 3.05) is 11.1 Å². The van der Waals surface area contributed by atoms with Crippen LogP contribution in [-0.4, -0.2) is 36.9 Å². The molecule has 7 nitrogen and oxygen atoms in total. The predicted octanol–water partition coefficient (Wildman–Crippen LogP) is 5.31. The van der Waals surface area contributed by atoms with Gasteiger partial charge in [0.15, 0.2) is 5.13 Å². The highest BCUT2D eigenvalue weighted by Gasteiger charge is 2.13. The van der Waals surface area contributed by atoms with Crippen LogP contribution in [0.4, 0.5) is 5.13 Å². The van der Waals surface area contributed by atoms with Crippen molar-refractivity contribution in [3.63, 3.8) is 0 Å². The maximum atomic E-state index is 12.4. The first kappa shape index (κ1) is 22.7. The summed E-state index contributed by atoms with van der Waals surface area (Å²) < 4.78 is 1.62. The highest BCUT2D eigenvalue weighted by atomic mass is 35.5. The van der Waals surface area contributed by atoms with Crippen molar-refractivity contribution in [3.05, 3.63) is 74.7 Å². The number of rotatable bonds is 8. The van der Waals surface area contributed by atoms with Crippen molar-refractivity contribution < 1.29 is 4.79 Å². The first-order chi connectivity index (χ1) is 15.5. The van der Waals surface area contributed by atoms with E-state index in [1.54, 1.807) is 16.9 Å². The molecular weight excluding hydrogens is 487 g/mol. The Kier molecular flexibility index (Phi) is 7.41. The summed E-state index contributed by atoms with van der Waals surface area (Å²) in [6.45, 7) is 2.10. The molecule has 0 saturated heterocycles. The maximum absolute atomic E-state index is 12.4. The van der Waals surface area contributed by atoms with Crippen molar-refractivity contribution in [2.24, 2.45) is 0 Å². The standard InChI is InChI=1S/C21H18Cl2N6OS2/c1-2-13-3-6-15(7-4-13)29-21(26-27-28-29)31-12-19(30)25-20-24-11-16(32-20)9-14-5-8-17(22)18(23)10-14/h3-8,10-11H,2,9,12H2,1H3,(H,24,25,30). The largest absolute Gasteiger partial charge is 0.301 e. The van der Waals surface area contributed by atoms with Crippen LogP contribution < -0.4 is 5.32 Å². The number of hydrogen-bond acceptors (Lipinski definition) is 7. The van der Waals surface area contributed by atoms with Gasteiger partial charge < -0.3 is 5.32 Å². The summed E-state index contributed by atoms with van der Waals surface area (Å²) in [6, 6.07) is 13.5. The molecule has 0 saturated carbocycles. The minimum absolute atomic E-state index is 0.162. The van der Waals surface area contributed by atoms with Crippen LogP contribution in [0.15, 0.2) is 53.8 Å². The molecule has 1 N–H and O–H groups in total. The predicted molar refractivity (Wildman–Crippen MR) is 129 cm³/mol. The highest BCUT2D eigenvalue weighted by molar-refractivity contribution is 7.99. The highest BCUT2D eigenvalue weighted by Crippen LogP contribution is 2.26. The van der Waals surface area contributed by atoms with Crippen molar-refractivity contribution >= 4 is 57.3 Å². The second kappa shape index (κ2) is 10.4. The van der Waals surface area contributed by atoms with Crippen LogP contribution in [0.1, 0.15) is 22.9 Å². The second-order valence-electron chi connectivity index (χ2n) is 6.79.